The van der Waals surface area contributed by atoms with Gasteiger partial charge in [-0.1, -0.05) is 0 Å². The quantitative estimate of drug-likeness (QED) is 0.843. The molecule has 2 amide bonds. The predicted octanol–water partition coefficient (Wildman–Crippen LogP) is 0.406. The molecule has 0 bridgehead atoms. The van der Waals surface area contributed by atoms with E-state index in [1.165, 1.54) is 0 Å². The zero-order valence-corrected chi connectivity index (χ0v) is 12.7. The molecule has 1 atom stereocenters. The smallest absolute Gasteiger partial charge is 0.260 e. The van der Waals surface area contributed by atoms with Crippen LogP contribution in [0.5, 0.6) is 5.75 Å². The summed E-state index contributed by atoms with van der Waals surface area (Å²) in [5.41, 5.74) is 5.57. The lowest BCUT2D eigenvalue weighted by Crippen LogP contribution is -2.53. The van der Waals surface area contributed by atoms with Crippen LogP contribution in [0.3, 0.4) is 0 Å². The minimum Gasteiger partial charge on any atom is -0.484 e. The lowest BCUT2D eigenvalue weighted by molar-refractivity contribution is -0.136. The Labute approximate surface area is 130 Å². The number of nitrogens with one attached hydrogen (secondary N) is 1. The standard InChI is InChI=1S/C14H19N3O3.ClH/c1-10-8-16-6-7-17(10)13(18)9-20-12-4-2-11(3-5-12)14(15)19;/h2-5,10,16H,6-9H2,1H3,(H2,15,19);1H/t10-;/m1./s1. The Morgan fingerprint density at radius 2 is 2.05 bits per heavy atom. The average molecular weight is 314 g/mol. The third-order valence-electron chi connectivity index (χ3n) is 3.32. The van der Waals surface area contributed by atoms with Gasteiger partial charge in [-0.25, -0.2) is 0 Å². The number of carbonyl (C=O) groups excluding carboxylic acids is 2. The highest BCUT2D eigenvalue weighted by atomic mass is 35.5. The van der Waals surface area contributed by atoms with E-state index in [0.29, 0.717) is 17.9 Å². The van der Waals surface area contributed by atoms with Crippen LogP contribution in [0.25, 0.3) is 0 Å². The molecule has 1 saturated heterocycles. The molecule has 21 heavy (non-hydrogen) atoms. The number of nitrogens with zero attached hydrogens (tertiary/aromatic N) is 1. The van der Waals surface area contributed by atoms with Crippen molar-refractivity contribution in [3.8, 4) is 5.75 Å². The number of hydrogen-bond donors (Lipinski definition) is 2. The summed E-state index contributed by atoms with van der Waals surface area (Å²) in [5.74, 6) is 0.0337. The molecule has 0 aliphatic carbocycles. The van der Waals surface area contributed by atoms with Crippen LogP contribution < -0.4 is 15.8 Å². The first-order valence-electron chi connectivity index (χ1n) is 6.61. The van der Waals surface area contributed by atoms with Crippen LogP contribution in [0.4, 0.5) is 0 Å². The molecule has 2 rings (SSSR count). The van der Waals surface area contributed by atoms with Gasteiger partial charge in [-0.05, 0) is 31.2 Å². The number of carbonyl (C=O) groups is 2. The monoisotopic (exact) mass is 313 g/mol. The molecule has 0 radical (unpaired) electrons. The van der Waals surface area contributed by atoms with Gasteiger partial charge in [0.1, 0.15) is 5.75 Å². The van der Waals surface area contributed by atoms with E-state index in [1.54, 1.807) is 24.3 Å². The Balaban J connectivity index is 0.00000220. The molecule has 6 nitrogen and oxygen atoms in total. The third kappa shape index (κ3) is 4.61. The largest absolute Gasteiger partial charge is 0.484 e. The van der Waals surface area contributed by atoms with Crippen LogP contribution in [-0.2, 0) is 4.79 Å². The fraction of sp³-hybridized carbons (Fsp3) is 0.429. The maximum atomic E-state index is 12.1. The van der Waals surface area contributed by atoms with E-state index >= 15 is 0 Å². The minimum absolute atomic E-state index is 0. The zero-order valence-electron chi connectivity index (χ0n) is 11.9. The van der Waals surface area contributed by atoms with Gasteiger partial charge in [0.15, 0.2) is 6.61 Å². The third-order valence-corrected chi connectivity index (χ3v) is 3.32. The van der Waals surface area contributed by atoms with Gasteiger partial charge in [0.2, 0.25) is 5.91 Å². The van der Waals surface area contributed by atoms with E-state index in [9.17, 15) is 9.59 Å². The van der Waals surface area contributed by atoms with Crippen molar-refractivity contribution in [3.63, 3.8) is 0 Å². The van der Waals surface area contributed by atoms with E-state index in [0.717, 1.165) is 13.1 Å². The highest BCUT2D eigenvalue weighted by Gasteiger charge is 2.22. The summed E-state index contributed by atoms with van der Waals surface area (Å²) in [5, 5.41) is 3.23. The van der Waals surface area contributed by atoms with Crippen LogP contribution in [-0.4, -0.2) is 49.0 Å². The SMILES string of the molecule is C[C@@H]1CNCCN1C(=O)COc1ccc(C(N)=O)cc1.Cl. The van der Waals surface area contributed by atoms with Crippen molar-refractivity contribution in [2.75, 3.05) is 26.2 Å². The molecule has 1 fully saturated rings. The summed E-state index contributed by atoms with van der Waals surface area (Å²) in [7, 11) is 0. The first-order valence-corrected chi connectivity index (χ1v) is 6.61. The maximum Gasteiger partial charge on any atom is 0.260 e. The Bertz CT molecular complexity index is 493. The maximum absolute atomic E-state index is 12.1. The molecule has 116 valence electrons. The number of amides is 2. The molecule has 7 heteroatoms. The van der Waals surface area contributed by atoms with Crippen LogP contribution >= 0.6 is 12.4 Å². The summed E-state index contributed by atoms with van der Waals surface area (Å²) < 4.78 is 5.44. The number of hydrogen-bond acceptors (Lipinski definition) is 4. The number of piperazine rings is 1. The zero-order chi connectivity index (χ0) is 14.5. The molecular formula is C14H20ClN3O3. The fourth-order valence-corrected chi connectivity index (χ4v) is 2.15. The molecule has 1 aromatic rings. The normalized spacial score (nSPS) is 17.8. The Morgan fingerprint density at radius 3 is 2.62 bits per heavy atom. The van der Waals surface area contributed by atoms with Gasteiger partial charge >= 0.3 is 0 Å². The molecule has 1 aromatic carbocycles. The second-order valence-electron chi connectivity index (χ2n) is 4.82. The number of halogens is 1. The van der Waals surface area contributed by atoms with Gasteiger partial charge in [0, 0.05) is 31.2 Å². The number of primary amides is 1. The van der Waals surface area contributed by atoms with Crippen molar-refractivity contribution < 1.29 is 14.3 Å². The fourth-order valence-electron chi connectivity index (χ4n) is 2.15. The lowest BCUT2D eigenvalue weighted by atomic mass is 10.2. The Morgan fingerprint density at radius 1 is 1.38 bits per heavy atom. The second kappa shape index (κ2) is 7.85. The molecule has 1 aliphatic rings. The Hall–Kier alpha value is -1.79. The van der Waals surface area contributed by atoms with Crippen LogP contribution in [0.15, 0.2) is 24.3 Å². The summed E-state index contributed by atoms with van der Waals surface area (Å²) >= 11 is 0. The van der Waals surface area contributed by atoms with Crippen LogP contribution in [0.1, 0.15) is 17.3 Å². The average Bonchev–Trinajstić information content (AvgIpc) is 2.45. The van der Waals surface area contributed by atoms with E-state index in [-0.39, 0.29) is 31.0 Å². The van der Waals surface area contributed by atoms with Crippen molar-refractivity contribution in [3.05, 3.63) is 29.8 Å². The molecule has 0 aromatic heterocycles. The molecule has 1 heterocycles. The first-order chi connectivity index (χ1) is 9.58. The molecule has 0 saturated carbocycles. The summed E-state index contributed by atoms with van der Waals surface area (Å²) in [6.07, 6.45) is 0. The summed E-state index contributed by atoms with van der Waals surface area (Å²) in [6.45, 7) is 4.32. The van der Waals surface area contributed by atoms with Crippen LogP contribution in [0.2, 0.25) is 0 Å². The van der Waals surface area contributed by atoms with Gasteiger partial charge in [0.25, 0.3) is 5.91 Å². The number of rotatable bonds is 4. The number of nitrogens with two attached hydrogens (primary N) is 1. The van der Waals surface area contributed by atoms with E-state index in [1.807, 2.05) is 11.8 Å². The van der Waals surface area contributed by atoms with Crippen LogP contribution in [0, 0.1) is 0 Å². The van der Waals surface area contributed by atoms with Gasteiger partial charge in [-0.15, -0.1) is 12.4 Å². The summed E-state index contributed by atoms with van der Waals surface area (Å²) in [4.78, 5) is 24.8. The van der Waals surface area contributed by atoms with Crippen molar-refractivity contribution >= 4 is 24.2 Å². The van der Waals surface area contributed by atoms with E-state index < -0.39 is 5.91 Å². The minimum atomic E-state index is -0.484. The highest BCUT2D eigenvalue weighted by Crippen LogP contribution is 2.12. The second-order valence-corrected chi connectivity index (χ2v) is 4.82. The Kier molecular flexibility index (Phi) is 6.45. The van der Waals surface area contributed by atoms with Crippen molar-refractivity contribution in [2.45, 2.75) is 13.0 Å². The summed E-state index contributed by atoms with van der Waals surface area (Å²) in [6, 6.07) is 6.60. The molecule has 0 unspecified atom stereocenters. The van der Waals surface area contributed by atoms with Crippen molar-refractivity contribution in [1.82, 2.24) is 10.2 Å². The van der Waals surface area contributed by atoms with E-state index in [4.69, 9.17) is 10.5 Å². The van der Waals surface area contributed by atoms with Gasteiger partial charge < -0.3 is 20.7 Å². The van der Waals surface area contributed by atoms with Crippen molar-refractivity contribution in [1.29, 1.82) is 0 Å². The number of ether oxygens (including phenoxy) is 1. The molecular weight excluding hydrogens is 294 g/mol. The first kappa shape index (κ1) is 17.3. The van der Waals surface area contributed by atoms with Gasteiger partial charge in [-0.2, -0.15) is 0 Å². The topological polar surface area (TPSA) is 84.7 Å². The molecule has 3 N–H and O–H groups in total. The van der Waals surface area contributed by atoms with Crippen molar-refractivity contribution in [2.24, 2.45) is 5.73 Å². The van der Waals surface area contributed by atoms with Gasteiger partial charge in [0.05, 0.1) is 0 Å². The highest BCUT2D eigenvalue weighted by molar-refractivity contribution is 5.92. The number of benzene rings is 1. The lowest BCUT2D eigenvalue weighted by Gasteiger charge is -2.33. The van der Waals surface area contributed by atoms with E-state index in [2.05, 4.69) is 5.32 Å². The predicted molar refractivity (Wildman–Crippen MR) is 81.7 cm³/mol. The molecule has 0 spiro atoms. The van der Waals surface area contributed by atoms with Gasteiger partial charge in [-0.3, -0.25) is 9.59 Å². The molecule has 1 aliphatic heterocycles.